The summed E-state index contributed by atoms with van der Waals surface area (Å²) in [5, 5.41) is 0. The number of carbonyl (C=O) groups is 1. The predicted molar refractivity (Wildman–Crippen MR) is 85.9 cm³/mol. The van der Waals surface area contributed by atoms with Gasteiger partial charge in [0.1, 0.15) is 12.1 Å². The number of benzene rings is 1. The van der Waals surface area contributed by atoms with E-state index in [1.54, 1.807) is 12.4 Å². The van der Waals surface area contributed by atoms with Crippen molar-refractivity contribution in [3.8, 4) is 0 Å². The van der Waals surface area contributed by atoms with Crippen molar-refractivity contribution in [1.29, 1.82) is 0 Å². The second kappa shape index (κ2) is 4.96. The van der Waals surface area contributed by atoms with Gasteiger partial charge in [-0.2, -0.15) is 4.99 Å². The van der Waals surface area contributed by atoms with Crippen LogP contribution < -0.4 is 0 Å². The Bertz CT molecular complexity index is 836. The second-order valence-corrected chi connectivity index (χ2v) is 4.82. The molecule has 0 radical (unpaired) electrons. The lowest BCUT2D eigenvalue weighted by molar-refractivity contribution is -0.111. The predicted octanol–water partition coefficient (Wildman–Crippen LogP) is 2.41. The van der Waals surface area contributed by atoms with Gasteiger partial charge < -0.3 is 0 Å². The highest BCUT2D eigenvalue weighted by molar-refractivity contribution is 6.80. The molecule has 104 valence electrons. The molecule has 2 aromatic rings. The molecule has 0 aliphatic carbocycles. The first-order chi connectivity index (χ1) is 10.8. The molecule has 0 N–H and O–H groups in total. The third-order valence-electron chi connectivity index (χ3n) is 3.48. The van der Waals surface area contributed by atoms with Gasteiger partial charge in [0, 0.05) is 29.1 Å². The molecule has 5 nitrogen and oxygen atoms in total. The molecule has 1 amide bonds. The van der Waals surface area contributed by atoms with E-state index in [0.717, 1.165) is 22.4 Å². The molecule has 0 atom stereocenters. The summed E-state index contributed by atoms with van der Waals surface area (Å²) in [5.41, 5.74) is 4.20. The van der Waals surface area contributed by atoms with Crippen molar-refractivity contribution in [2.24, 2.45) is 15.0 Å². The van der Waals surface area contributed by atoms with Crippen LogP contribution in [0.5, 0.6) is 0 Å². The average Bonchev–Trinajstić information content (AvgIpc) is 2.97. The smallest absolute Gasteiger partial charge is 0.265 e. The lowest BCUT2D eigenvalue weighted by Gasteiger charge is -2.08. The number of hydrogen-bond acceptors (Lipinski definition) is 4. The number of nitrogens with zero attached hydrogens (tertiary/aromatic N) is 4. The van der Waals surface area contributed by atoms with Crippen molar-refractivity contribution < 1.29 is 4.79 Å². The molecule has 0 fully saturated rings. The van der Waals surface area contributed by atoms with Crippen LogP contribution in [0.25, 0.3) is 11.3 Å². The fourth-order valence-electron chi connectivity index (χ4n) is 2.52. The summed E-state index contributed by atoms with van der Waals surface area (Å²) in [6, 6.07) is 13.5. The van der Waals surface area contributed by atoms with Crippen LogP contribution in [0.2, 0.25) is 0 Å². The van der Waals surface area contributed by atoms with Crippen LogP contribution in [0, 0.1) is 0 Å². The summed E-state index contributed by atoms with van der Waals surface area (Å²) in [6.45, 7) is 0. The third kappa shape index (κ3) is 1.91. The first-order valence-electron chi connectivity index (χ1n) is 6.79. The highest BCUT2D eigenvalue weighted by Gasteiger charge is 2.33. The minimum Gasteiger partial charge on any atom is -0.265 e. The zero-order valence-electron chi connectivity index (χ0n) is 11.5. The van der Waals surface area contributed by atoms with Crippen molar-refractivity contribution in [3.63, 3.8) is 0 Å². The molecule has 0 unspecified atom stereocenters. The highest BCUT2D eigenvalue weighted by Crippen LogP contribution is 2.34. The molecule has 5 heteroatoms. The van der Waals surface area contributed by atoms with Crippen molar-refractivity contribution in [2.75, 3.05) is 0 Å². The molecule has 0 saturated heterocycles. The van der Waals surface area contributed by atoms with E-state index in [0.29, 0.717) is 11.4 Å². The number of carbonyl (C=O) groups excluding carboxylic acids is 1. The second-order valence-electron chi connectivity index (χ2n) is 4.82. The van der Waals surface area contributed by atoms with Crippen LogP contribution in [-0.2, 0) is 4.79 Å². The van der Waals surface area contributed by atoms with E-state index in [1.807, 2.05) is 42.5 Å². The Morgan fingerprint density at radius 1 is 0.864 bits per heavy atom. The Kier molecular flexibility index (Phi) is 2.83. The van der Waals surface area contributed by atoms with Gasteiger partial charge in [-0.05, 0) is 6.07 Å². The fourth-order valence-corrected chi connectivity index (χ4v) is 2.52. The number of allylic oxidation sites excluding steroid dienone is 1. The van der Waals surface area contributed by atoms with E-state index in [9.17, 15) is 4.79 Å². The van der Waals surface area contributed by atoms with Crippen molar-refractivity contribution in [3.05, 3.63) is 66.0 Å². The zero-order chi connectivity index (χ0) is 14.9. The number of fused-ring (bicyclic) bond motifs is 1. The summed E-state index contributed by atoms with van der Waals surface area (Å²) in [7, 11) is 0. The minimum atomic E-state index is -0.364. The van der Waals surface area contributed by atoms with Crippen LogP contribution in [0.1, 0.15) is 11.1 Å². The third-order valence-corrected chi connectivity index (χ3v) is 3.48. The molecule has 1 aromatic heterocycles. The van der Waals surface area contributed by atoms with E-state index in [2.05, 4.69) is 20.0 Å². The van der Waals surface area contributed by atoms with Gasteiger partial charge in [0.2, 0.25) is 0 Å². The minimum absolute atomic E-state index is 0.292. The first-order valence-corrected chi connectivity index (χ1v) is 6.79. The van der Waals surface area contributed by atoms with Gasteiger partial charge in [-0.15, -0.1) is 0 Å². The number of amides is 1. The number of aromatic nitrogens is 1. The topological polar surface area (TPSA) is 67.0 Å². The number of pyridine rings is 1. The Morgan fingerprint density at radius 2 is 1.68 bits per heavy atom. The molecule has 22 heavy (non-hydrogen) atoms. The van der Waals surface area contributed by atoms with E-state index in [1.165, 1.54) is 6.34 Å². The molecule has 4 rings (SSSR count). The molecular weight excluding hydrogens is 276 g/mol. The lowest BCUT2D eigenvalue weighted by atomic mass is 9.97. The summed E-state index contributed by atoms with van der Waals surface area (Å²) < 4.78 is 0. The SMILES string of the molecule is O=C1N=CN=C2C1=NC(c1ccccc1)=C2c1cccnc1. The number of aliphatic imine (C=N–C) groups is 3. The molecule has 0 spiro atoms. The van der Waals surface area contributed by atoms with E-state index in [4.69, 9.17) is 0 Å². The number of hydrogen-bond donors (Lipinski definition) is 0. The highest BCUT2D eigenvalue weighted by atomic mass is 16.1. The van der Waals surface area contributed by atoms with Gasteiger partial charge in [0.15, 0.2) is 5.71 Å². The standard InChI is InChI=1S/C17H10N4O/c22-17-16-15(19-10-20-17)13(12-7-4-8-18-9-12)14(21-16)11-5-2-1-3-6-11/h1-10H. The van der Waals surface area contributed by atoms with Crippen molar-refractivity contribution in [1.82, 2.24) is 4.98 Å². The summed E-state index contributed by atoms with van der Waals surface area (Å²) in [5.74, 6) is -0.364. The summed E-state index contributed by atoms with van der Waals surface area (Å²) in [6.07, 6.45) is 4.73. The first kappa shape index (κ1) is 12.5. The van der Waals surface area contributed by atoms with Crippen molar-refractivity contribution in [2.45, 2.75) is 0 Å². The van der Waals surface area contributed by atoms with Crippen LogP contribution >= 0.6 is 0 Å². The van der Waals surface area contributed by atoms with E-state index >= 15 is 0 Å². The van der Waals surface area contributed by atoms with Gasteiger partial charge in [-0.3, -0.25) is 9.78 Å². The Balaban J connectivity index is 1.98. The van der Waals surface area contributed by atoms with Crippen LogP contribution in [-0.4, -0.2) is 28.7 Å². The lowest BCUT2D eigenvalue weighted by Crippen LogP contribution is -2.24. The van der Waals surface area contributed by atoms with Gasteiger partial charge >= 0.3 is 0 Å². The molecule has 0 bridgehead atoms. The molecular formula is C17H10N4O. The monoisotopic (exact) mass is 286 g/mol. The number of rotatable bonds is 2. The maximum atomic E-state index is 12.0. The Hall–Kier alpha value is -3.21. The van der Waals surface area contributed by atoms with E-state index in [-0.39, 0.29) is 5.91 Å². The maximum Gasteiger partial charge on any atom is 0.299 e. The average molecular weight is 286 g/mol. The Labute approximate surface area is 126 Å². The van der Waals surface area contributed by atoms with Crippen LogP contribution in [0.4, 0.5) is 0 Å². The maximum absolute atomic E-state index is 12.0. The van der Waals surface area contributed by atoms with Crippen LogP contribution in [0.15, 0.2) is 69.8 Å². The van der Waals surface area contributed by atoms with Gasteiger partial charge in [0.05, 0.1) is 5.70 Å². The Morgan fingerprint density at radius 3 is 2.45 bits per heavy atom. The van der Waals surface area contributed by atoms with Gasteiger partial charge in [0.25, 0.3) is 5.91 Å². The van der Waals surface area contributed by atoms with Gasteiger partial charge in [-0.1, -0.05) is 36.4 Å². The van der Waals surface area contributed by atoms with Gasteiger partial charge in [-0.25, -0.2) is 9.98 Å². The largest absolute Gasteiger partial charge is 0.299 e. The molecule has 0 saturated carbocycles. The molecule has 3 heterocycles. The van der Waals surface area contributed by atoms with Crippen LogP contribution in [0.3, 0.4) is 0 Å². The summed E-state index contributed by atoms with van der Waals surface area (Å²) in [4.78, 5) is 28.6. The fraction of sp³-hybridized carbons (Fsp3) is 0. The van der Waals surface area contributed by atoms with Crippen molar-refractivity contribution >= 4 is 34.9 Å². The summed E-state index contributed by atoms with van der Waals surface area (Å²) >= 11 is 0. The molecule has 1 aromatic carbocycles. The van der Waals surface area contributed by atoms with E-state index < -0.39 is 0 Å². The quantitative estimate of drug-likeness (QED) is 0.850. The zero-order valence-corrected chi connectivity index (χ0v) is 11.5. The normalized spacial score (nSPS) is 16.5. The molecule has 2 aliphatic rings. The molecule has 2 aliphatic heterocycles.